The molecule has 8 nitrogen and oxygen atoms in total. The van der Waals surface area contributed by atoms with E-state index >= 15 is 0 Å². The van der Waals surface area contributed by atoms with E-state index in [1.165, 1.54) is 0 Å². The number of carbonyl (C=O) groups excluding carboxylic acids is 1. The summed E-state index contributed by atoms with van der Waals surface area (Å²) in [5.41, 5.74) is 7.47. The quantitative estimate of drug-likeness (QED) is 0.437. The van der Waals surface area contributed by atoms with Gasteiger partial charge in [-0.15, -0.1) is 0 Å². The molecule has 1 aromatic heterocycles. The molecule has 0 aliphatic carbocycles. The van der Waals surface area contributed by atoms with Crippen LogP contribution in [0.2, 0.25) is 0 Å². The van der Waals surface area contributed by atoms with E-state index < -0.39 is 0 Å². The third-order valence-corrected chi connectivity index (χ3v) is 6.80. The highest BCUT2D eigenvalue weighted by molar-refractivity contribution is 6.06. The molecule has 0 unspecified atom stereocenters. The van der Waals surface area contributed by atoms with Gasteiger partial charge in [-0.3, -0.25) is 9.78 Å². The smallest absolute Gasteiger partial charge is 0.254 e. The molecule has 1 saturated heterocycles. The molecular weight excluding hydrogens is 428 g/mol. The van der Waals surface area contributed by atoms with E-state index in [0.29, 0.717) is 17.9 Å². The number of aliphatic hydroxyl groups excluding tert-OH is 1. The predicted molar refractivity (Wildman–Crippen MR) is 131 cm³/mol. The minimum absolute atomic E-state index is 0.0851. The Hall–Kier alpha value is -3.91. The zero-order chi connectivity index (χ0) is 23.2. The Morgan fingerprint density at radius 3 is 2.68 bits per heavy atom. The van der Waals surface area contributed by atoms with Gasteiger partial charge in [-0.1, -0.05) is 6.07 Å². The number of nitrogens with zero attached hydrogens (tertiary/aromatic N) is 4. The van der Waals surface area contributed by atoms with Gasteiger partial charge >= 0.3 is 0 Å². The average molecular weight is 455 g/mol. The summed E-state index contributed by atoms with van der Waals surface area (Å²) in [4.78, 5) is 24.2. The van der Waals surface area contributed by atoms with Gasteiger partial charge in [0.15, 0.2) is 0 Å². The van der Waals surface area contributed by atoms with Crippen LogP contribution in [0.3, 0.4) is 0 Å². The second-order valence-corrected chi connectivity index (χ2v) is 9.02. The van der Waals surface area contributed by atoms with Crippen molar-refractivity contribution in [2.24, 2.45) is 7.05 Å². The minimum atomic E-state index is -0.202. The fraction of sp³-hybridized carbons (Fsp3) is 0.269. The number of benzene rings is 1. The topological polar surface area (TPSA) is 95.3 Å². The first-order valence-electron chi connectivity index (χ1n) is 11.6. The van der Waals surface area contributed by atoms with Gasteiger partial charge in [0, 0.05) is 56.4 Å². The third-order valence-electron chi connectivity index (χ3n) is 6.80. The van der Waals surface area contributed by atoms with Crippen molar-refractivity contribution in [3.8, 4) is 22.4 Å². The number of aryl methyl sites for hydroxylation is 1. The van der Waals surface area contributed by atoms with Crippen LogP contribution in [0.15, 0.2) is 55.1 Å². The molecule has 0 bridgehead atoms. The van der Waals surface area contributed by atoms with Gasteiger partial charge in [0.05, 0.1) is 34.9 Å². The lowest BCUT2D eigenvalue weighted by Gasteiger charge is -2.31. The molecule has 0 radical (unpaired) electrons. The molecule has 172 valence electrons. The SMILES string of the molecule is Cn1ccc2c(-c3ccc(Nc4ccc(N5CCC(O)CC5)cn4)c4c3CNC4=O)cnc-2c1. The number of nitrogens with one attached hydrogen (secondary N) is 2. The summed E-state index contributed by atoms with van der Waals surface area (Å²) in [5, 5.41) is 16.0. The Morgan fingerprint density at radius 1 is 1.03 bits per heavy atom. The zero-order valence-electron chi connectivity index (χ0n) is 19.0. The average Bonchev–Trinajstić information content (AvgIpc) is 3.44. The van der Waals surface area contributed by atoms with E-state index in [0.717, 1.165) is 65.3 Å². The minimum Gasteiger partial charge on any atom is -0.393 e. The lowest BCUT2D eigenvalue weighted by Crippen LogP contribution is -2.35. The lowest BCUT2D eigenvalue weighted by molar-refractivity contribution is 0.0966. The second kappa shape index (κ2) is 8.14. The summed E-state index contributed by atoms with van der Waals surface area (Å²) in [6, 6.07) is 10.0. The number of carbonyl (C=O) groups is 1. The van der Waals surface area contributed by atoms with Crippen LogP contribution in [0.25, 0.3) is 22.4 Å². The first kappa shape index (κ1) is 20.7. The molecule has 5 heterocycles. The molecule has 4 aliphatic heterocycles. The molecule has 6 rings (SSSR count). The van der Waals surface area contributed by atoms with Gasteiger partial charge in [0.2, 0.25) is 0 Å². The molecule has 2 aromatic rings. The molecule has 34 heavy (non-hydrogen) atoms. The van der Waals surface area contributed by atoms with Crippen LogP contribution >= 0.6 is 0 Å². The second-order valence-electron chi connectivity index (χ2n) is 9.02. The third kappa shape index (κ3) is 3.56. The largest absolute Gasteiger partial charge is 0.393 e. The van der Waals surface area contributed by atoms with E-state index in [1.54, 1.807) is 0 Å². The van der Waals surface area contributed by atoms with Crippen LogP contribution in [-0.2, 0) is 13.6 Å². The normalized spacial score (nSPS) is 16.1. The van der Waals surface area contributed by atoms with Crippen LogP contribution in [0.1, 0.15) is 28.8 Å². The number of aliphatic hydroxyl groups is 1. The van der Waals surface area contributed by atoms with Crippen molar-refractivity contribution >= 4 is 23.1 Å². The summed E-state index contributed by atoms with van der Waals surface area (Å²) in [6.45, 7) is 2.14. The van der Waals surface area contributed by atoms with Crippen molar-refractivity contribution in [3.05, 3.63) is 66.2 Å². The Kier molecular flexibility index (Phi) is 4.95. The highest BCUT2D eigenvalue weighted by atomic mass is 16.3. The van der Waals surface area contributed by atoms with Gasteiger partial charge < -0.3 is 25.2 Å². The van der Waals surface area contributed by atoms with Crippen molar-refractivity contribution in [2.75, 3.05) is 23.3 Å². The number of hydrogen-bond acceptors (Lipinski definition) is 6. The number of aromatic nitrogens is 3. The van der Waals surface area contributed by atoms with Gasteiger partial charge in [0.25, 0.3) is 5.91 Å². The Morgan fingerprint density at radius 2 is 1.88 bits per heavy atom. The van der Waals surface area contributed by atoms with E-state index in [1.807, 2.05) is 54.6 Å². The van der Waals surface area contributed by atoms with E-state index in [-0.39, 0.29) is 12.0 Å². The zero-order valence-corrected chi connectivity index (χ0v) is 19.0. The predicted octanol–water partition coefficient (Wildman–Crippen LogP) is 3.54. The van der Waals surface area contributed by atoms with Gasteiger partial charge in [-0.25, -0.2) is 4.98 Å². The van der Waals surface area contributed by atoms with Crippen LogP contribution in [0.4, 0.5) is 17.2 Å². The van der Waals surface area contributed by atoms with E-state index in [2.05, 4.69) is 37.6 Å². The molecule has 8 heteroatoms. The van der Waals surface area contributed by atoms with Crippen LogP contribution in [0, 0.1) is 0 Å². The number of pyridine rings is 2. The first-order chi connectivity index (χ1) is 16.6. The summed E-state index contributed by atoms with van der Waals surface area (Å²) in [6.07, 6.45) is 9.09. The molecule has 1 fully saturated rings. The number of fused-ring (bicyclic) bond motifs is 2. The molecule has 0 spiro atoms. The van der Waals surface area contributed by atoms with Gasteiger partial charge in [-0.2, -0.15) is 0 Å². The van der Waals surface area contributed by atoms with Crippen molar-refractivity contribution < 1.29 is 9.90 Å². The molecular formula is C26H26N6O2. The fourth-order valence-corrected chi connectivity index (χ4v) is 4.95. The number of hydrogen-bond donors (Lipinski definition) is 3. The maximum Gasteiger partial charge on any atom is 0.254 e. The van der Waals surface area contributed by atoms with Crippen molar-refractivity contribution in [3.63, 3.8) is 0 Å². The Labute approximate surface area is 197 Å². The first-order valence-corrected chi connectivity index (χ1v) is 11.6. The van der Waals surface area contributed by atoms with E-state index in [4.69, 9.17) is 0 Å². The molecule has 1 amide bonds. The fourth-order valence-electron chi connectivity index (χ4n) is 4.95. The summed E-state index contributed by atoms with van der Waals surface area (Å²) < 4.78 is 1.98. The van der Waals surface area contributed by atoms with E-state index in [9.17, 15) is 9.90 Å². The summed E-state index contributed by atoms with van der Waals surface area (Å²) in [7, 11) is 1.98. The standard InChI is InChI=1S/C26H26N6O2/c1-31-9-8-19-20(13-27-23(19)15-31)18-3-4-22(25-21(18)14-29-26(25)34)30-24-5-2-16(12-28-24)32-10-6-17(33)7-11-32/h2-5,8-9,12-13,15,17,33H,6-7,10-11,14H2,1H3,(H,28,30)(H,29,34). The van der Waals surface area contributed by atoms with Crippen molar-refractivity contribution in [1.29, 1.82) is 0 Å². The monoisotopic (exact) mass is 454 g/mol. The molecule has 0 atom stereocenters. The van der Waals surface area contributed by atoms with Crippen molar-refractivity contribution in [2.45, 2.75) is 25.5 Å². The highest BCUT2D eigenvalue weighted by Gasteiger charge is 2.28. The molecule has 0 saturated carbocycles. The lowest BCUT2D eigenvalue weighted by atomic mass is 9.94. The maximum atomic E-state index is 12.8. The Bertz CT molecular complexity index is 1340. The van der Waals surface area contributed by atoms with Gasteiger partial charge in [0.1, 0.15) is 5.82 Å². The molecule has 1 aromatic carbocycles. The Balaban J connectivity index is 1.30. The number of piperidine rings is 1. The van der Waals surface area contributed by atoms with Crippen LogP contribution in [-0.4, -0.2) is 44.7 Å². The molecule has 4 aliphatic rings. The number of amides is 1. The van der Waals surface area contributed by atoms with Gasteiger partial charge in [-0.05, 0) is 48.2 Å². The number of rotatable bonds is 4. The van der Waals surface area contributed by atoms with Crippen LogP contribution < -0.4 is 15.5 Å². The maximum absolute atomic E-state index is 12.8. The van der Waals surface area contributed by atoms with Crippen molar-refractivity contribution in [1.82, 2.24) is 19.9 Å². The highest BCUT2D eigenvalue weighted by Crippen LogP contribution is 2.40. The number of anilines is 3. The summed E-state index contributed by atoms with van der Waals surface area (Å²) in [5.74, 6) is 0.599. The van der Waals surface area contributed by atoms with Crippen LogP contribution in [0.5, 0.6) is 0 Å². The molecule has 3 N–H and O–H groups in total. The summed E-state index contributed by atoms with van der Waals surface area (Å²) >= 11 is 0.